The fourth-order valence-corrected chi connectivity index (χ4v) is 0.991. The Morgan fingerprint density at radius 3 is 2.09 bits per heavy atom. The number of benzene rings is 1. The minimum Gasteiger partial charge on any atom is -0.507 e. The molecule has 0 fully saturated rings. The Morgan fingerprint density at radius 1 is 1.27 bits per heavy atom. The smallest absolute Gasteiger partial charge is 0.385 e. The summed E-state index contributed by atoms with van der Waals surface area (Å²) >= 11 is 0. The summed E-state index contributed by atoms with van der Waals surface area (Å²) in [6.45, 7) is 3.52. The number of aryl methyl sites for hydroxylation is 2. The van der Waals surface area contributed by atoms with Gasteiger partial charge < -0.3 is 5.11 Å². The molecule has 0 saturated heterocycles. The molecule has 0 radical (unpaired) electrons. The molecule has 0 atom stereocenters. The highest BCUT2D eigenvalue weighted by molar-refractivity contribution is 5.54. The largest absolute Gasteiger partial charge is 0.507 e. The zero-order valence-corrected chi connectivity index (χ0v) is 6.50. The number of aromatic hydroxyl groups is 1. The van der Waals surface area contributed by atoms with Crippen molar-refractivity contribution in [3.8, 4) is 5.75 Å². The molecule has 0 aliphatic rings. The van der Waals surface area contributed by atoms with Crippen LogP contribution >= 0.6 is 0 Å². The molecule has 0 spiro atoms. The van der Waals surface area contributed by atoms with Crippen LogP contribution in [0.15, 0.2) is 12.1 Å². The lowest BCUT2D eigenvalue weighted by Gasteiger charge is -1.97. The Labute approximate surface area is 64.9 Å². The lowest BCUT2D eigenvalue weighted by atomic mass is 10.1. The van der Waals surface area contributed by atoms with Crippen molar-refractivity contribution in [2.45, 2.75) is 13.8 Å². The second-order valence-corrected chi connectivity index (χ2v) is 2.53. The van der Waals surface area contributed by atoms with Gasteiger partial charge >= 0.3 is 5.69 Å². The van der Waals surface area contributed by atoms with E-state index in [0.29, 0.717) is 5.69 Å². The van der Waals surface area contributed by atoms with E-state index in [2.05, 4.69) is 4.98 Å². The Morgan fingerprint density at radius 2 is 1.73 bits per heavy atom. The first kappa shape index (κ1) is 7.55. The molecule has 3 heteroatoms. The van der Waals surface area contributed by atoms with Gasteiger partial charge in [-0.25, -0.2) is 0 Å². The molecule has 1 N–H and O–H groups in total. The third-order valence-corrected chi connectivity index (χ3v) is 1.59. The van der Waals surface area contributed by atoms with Crippen LogP contribution in [0.4, 0.5) is 5.69 Å². The minimum absolute atomic E-state index is 0.261. The summed E-state index contributed by atoms with van der Waals surface area (Å²) in [5, 5.41) is 17.7. The van der Waals surface area contributed by atoms with Crippen molar-refractivity contribution in [3.05, 3.63) is 28.2 Å². The van der Waals surface area contributed by atoms with Crippen molar-refractivity contribution >= 4 is 5.69 Å². The lowest BCUT2D eigenvalue weighted by molar-refractivity contribution is 0.467. The van der Waals surface area contributed by atoms with Gasteiger partial charge in [0.15, 0.2) is 4.98 Å². The molecule has 0 saturated carbocycles. The number of hydrogen-bond acceptors (Lipinski definition) is 2. The van der Waals surface area contributed by atoms with Crippen LogP contribution in [-0.2, 0) is 0 Å². The van der Waals surface area contributed by atoms with E-state index in [-0.39, 0.29) is 5.75 Å². The van der Waals surface area contributed by atoms with E-state index in [4.69, 9.17) is 5.39 Å². The average molecular weight is 149 g/mol. The highest BCUT2D eigenvalue weighted by Crippen LogP contribution is 2.26. The summed E-state index contributed by atoms with van der Waals surface area (Å²) in [4.78, 5) is 3.02. The van der Waals surface area contributed by atoms with Crippen LogP contribution < -0.4 is 0 Å². The number of phenols is 1. The fourth-order valence-electron chi connectivity index (χ4n) is 0.991. The monoisotopic (exact) mass is 149 g/mol. The first-order chi connectivity index (χ1) is 5.15. The predicted molar refractivity (Wildman–Crippen MR) is 42.3 cm³/mol. The van der Waals surface area contributed by atoms with Gasteiger partial charge in [-0.1, -0.05) is 0 Å². The highest BCUT2D eigenvalue weighted by atomic mass is 16.3. The van der Waals surface area contributed by atoms with Gasteiger partial charge in [0.05, 0.1) is 0 Å². The molecule has 1 rings (SSSR count). The van der Waals surface area contributed by atoms with Gasteiger partial charge in [0, 0.05) is 12.1 Å². The van der Waals surface area contributed by atoms with Gasteiger partial charge in [-0.2, -0.15) is 0 Å². The molecular weight excluding hydrogens is 140 g/mol. The van der Waals surface area contributed by atoms with Crippen molar-refractivity contribution < 1.29 is 5.11 Å². The molecule has 56 valence electrons. The first-order valence-electron chi connectivity index (χ1n) is 3.30. The zero-order valence-electron chi connectivity index (χ0n) is 6.50. The topological polar surface area (TPSA) is 48.4 Å². The summed E-state index contributed by atoms with van der Waals surface area (Å²) in [5.74, 6) is 0.261. The average Bonchev–Trinajstić information content (AvgIpc) is 1.99. The predicted octanol–water partition coefficient (Wildman–Crippen LogP) is 2.49. The lowest BCUT2D eigenvalue weighted by Crippen LogP contribution is -1.78. The van der Waals surface area contributed by atoms with Crippen LogP contribution in [0, 0.1) is 19.2 Å². The number of hydrogen-bond donors (Lipinski definition) is 1. The zero-order chi connectivity index (χ0) is 8.43. The number of phenolic OH excluding ortho intramolecular Hbond substituents is 1. The Bertz CT molecular complexity index is 302. The molecular formula is C8H9N2O+. The second kappa shape index (κ2) is 2.59. The summed E-state index contributed by atoms with van der Waals surface area (Å²) < 4.78 is 0. The third-order valence-electron chi connectivity index (χ3n) is 1.59. The highest BCUT2D eigenvalue weighted by Gasteiger charge is 2.09. The SMILES string of the molecule is Cc1cc([N+]#N)cc(C)c1O. The maximum Gasteiger partial charge on any atom is 0.385 e. The Hall–Kier alpha value is -1.56. The van der Waals surface area contributed by atoms with Crippen LogP contribution in [-0.4, -0.2) is 5.11 Å². The van der Waals surface area contributed by atoms with Crippen molar-refractivity contribution in [2.75, 3.05) is 0 Å². The van der Waals surface area contributed by atoms with E-state index >= 15 is 0 Å². The first-order valence-corrected chi connectivity index (χ1v) is 3.30. The molecule has 0 aromatic heterocycles. The normalized spacial score (nSPS) is 9.18. The maximum atomic E-state index is 9.30. The van der Waals surface area contributed by atoms with Crippen LogP contribution in [0.2, 0.25) is 0 Å². The van der Waals surface area contributed by atoms with E-state index < -0.39 is 0 Å². The standard InChI is InChI=1S/C8H8N2O/c1-5-3-7(10-9)4-6(2)8(5)11/h3-4H,1-2H3/p+1. The van der Waals surface area contributed by atoms with Gasteiger partial charge in [0.2, 0.25) is 5.39 Å². The number of diazo groups is 1. The molecule has 3 nitrogen and oxygen atoms in total. The quantitative estimate of drug-likeness (QED) is 0.576. The fraction of sp³-hybridized carbons (Fsp3) is 0.250. The summed E-state index contributed by atoms with van der Waals surface area (Å²) in [6, 6.07) is 3.23. The van der Waals surface area contributed by atoms with Crippen LogP contribution in [0.25, 0.3) is 4.98 Å². The van der Waals surface area contributed by atoms with Crippen LogP contribution in [0.1, 0.15) is 11.1 Å². The molecule has 0 aliphatic heterocycles. The van der Waals surface area contributed by atoms with E-state index in [1.807, 2.05) is 0 Å². The van der Waals surface area contributed by atoms with Gasteiger partial charge in [0.25, 0.3) is 0 Å². The molecule has 1 aromatic rings. The summed E-state index contributed by atoms with van der Waals surface area (Å²) in [6.07, 6.45) is 0. The van der Waals surface area contributed by atoms with E-state index in [1.165, 1.54) is 0 Å². The Balaban J connectivity index is 3.35. The maximum absolute atomic E-state index is 9.30. The second-order valence-electron chi connectivity index (χ2n) is 2.53. The number of rotatable bonds is 0. The van der Waals surface area contributed by atoms with Crippen molar-refractivity contribution in [2.24, 2.45) is 0 Å². The molecule has 0 heterocycles. The minimum atomic E-state index is 0.261. The number of nitrogens with zero attached hydrogens (tertiary/aromatic N) is 2. The van der Waals surface area contributed by atoms with Gasteiger partial charge in [-0.3, -0.25) is 0 Å². The molecule has 1 aromatic carbocycles. The molecule has 0 amide bonds. The van der Waals surface area contributed by atoms with Crippen molar-refractivity contribution in [1.82, 2.24) is 0 Å². The third kappa shape index (κ3) is 1.30. The summed E-state index contributed by atoms with van der Waals surface area (Å²) in [7, 11) is 0. The van der Waals surface area contributed by atoms with Crippen LogP contribution in [0.3, 0.4) is 0 Å². The van der Waals surface area contributed by atoms with E-state index in [9.17, 15) is 5.11 Å². The Kier molecular flexibility index (Phi) is 1.77. The molecule has 0 unspecified atom stereocenters. The molecule has 11 heavy (non-hydrogen) atoms. The summed E-state index contributed by atoms with van der Waals surface area (Å²) in [5.41, 5.74) is 1.91. The van der Waals surface area contributed by atoms with Crippen molar-refractivity contribution in [1.29, 1.82) is 5.39 Å². The molecule has 0 bridgehead atoms. The van der Waals surface area contributed by atoms with E-state index in [0.717, 1.165) is 11.1 Å². The molecule has 0 aliphatic carbocycles. The van der Waals surface area contributed by atoms with Gasteiger partial charge in [-0.05, 0) is 25.0 Å². The van der Waals surface area contributed by atoms with Gasteiger partial charge in [0.1, 0.15) is 5.75 Å². The van der Waals surface area contributed by atoms with Crippen LogP contribution in [0.5, 0.6) is 5.75 Å². The van der Waals surface area contributed by atoms with Crippen molar-refractivity contribution in [3.63, 3.8) is 0 Å². The van der Waals surface area contributed by atoms with Gasteiger partial charge in [-0.15, -0.1) is 0 Å². The van der Waals surface area contributed by atoms with E-state index in [1.54, 1.807) is 26.0 Å².